The highest BCUT2D eigenvalue weighted by atomic mass is 16.5. The van der Waals surface area contributed by atoms with Crippen molar-refractivity contribution in [2.45, 2.75) is 51.4 Å². The highest BCUT2D eigenvalue weighted by Gasteiger charge is 2.32. The Morgan fingerprint density at radius 2 is 1.10 bits per heavy atom. The van der Waals surface area contributed by atoms with Crippen LogP contribution in [0.25, 0.3) is 102 Å². The third kappa shape index (κ3) is 7.71. The van der Waals surface area contributed by atoms with Gasteiger partial charge in [0.25, 0.3) is 0 Å². The van der Waals surface area contributed by atoms with Crippen molar-refractivity contribution in [3.63, 3.8) is 0 Å². The summed E-state index contributed by atoms with van der Waals surface area (Å²) in [5, 5.41) is 9.60. The van der Waals surface area contributed by atoms with E-state index in [2.05, 4.69) is 151 Å². The number of carboxylic acids is 1. The first-order chi connectivity index (χ1) is 33.3. The molecule has 0 atom stereocenters. The van der Waals surface area contributed by atoms with Crippen LogP contribution in [0.3, 0.4) is 0 Å². The van der Waals surface area contributed by atoms with Gasteiger partial charge in [-0.3, -0.25) is 9.97 Å². The second kappa shape index (κ2) is 15.8. The quantitative estimate of drug-likeness (QED) is 0.115. The summed E-state index contributed by atoms with van der Waals surface area (Å²) in [7, 11) is 1.72. The molecule has 0 unspecified atom stereocenters. The summed E-state index contributed by atoms with van der Waals surface area (Å²) in [6.45, 7) is 8.87. The first-order valence-corrected chi connectivity index (χ1v) is 23.1. The zero-order valence-corrected chi connectivity index (χ0v) is 38.8. The average molecular weight is 905 g/mol. The predicted molar refractivity (Wildman–Crippen MR) is 277 cm³/mol. The standard InChI is InChI=1S/C58H48N8O3/c1-57(2)30-44-27-49-45(32-8-12-35(13-9-32)56(67)68)25-42(63-49)28-52-58(3,4)31-50(66-52)55(69-5)54-46(26-43(65-54)29-51(57)64-44)33-6-10-34(11-7-33)53-47-20-18-40(61-47)23-38-16-14-36(59-38)22-37-15-17-39(60-37)24-41-19-21-48(53)62-41/h6-29,59,62-63,65H,30-31H2,1-5H3,(H,67,68). The van der Waals surface area contributed by atoms with E-state index >= 15 is 0 Å². The van der Waals surface area contributed by atoms with E-state index in [1.807, 2.05) is 30.4 Å². The van der Waals surface area contributed by atoms with Crippen LogP contribution >= 0.6 is 0 Å². The third-order valence-electron chi connectivity index (χ3n) is 13.6. The molecule has 0 spiro atoms. The van der Waals surface area contributed by atoms with Crippen molar-refractivity contribution in [2.75, 3.05) is 7.11 Å². The van der Waals surface area contributed by atoms with Gasteiger partial charge in [0.1, 0.15) is 0 Å². The third-order valence-corrected chi connectivity index (χ3v) is 13.6. The fourth-order valence-electron chi connectivity index (χ4n) is 10.0. The number of nitrogens with one attached hydrogen (secondary N) is 4. The van der Waals surface area contributed by atoms with Crippen molar-refractivity contribution in [3.8, 4) is 39.1 Å². The van der Waals surface area contributed by atoms with Crippen LogP contribution in [0.4, 0.5) is 0 Å². The lowest BCUT2D eigenvalue weighted by molar-refractivity contribution is 0.0697. The van der Waals surface area contributed by atoms with Gasteiger partial charge in [-0.1, -0.05) is 64.1 Å². The topological polar surface area (TPSA) is 161 Å². The summed E-state index contributed by atoms with van der Waals surface area (Å²) < 4.78 is 6.37. The fraction of sp³-hybridized carbons (Fsp3) is 0.155. The Balaban J connectivity index is 1.04. The number of H-pyrrole nitrogens is 4. The van der Waals surface area contributed by atoms with Gasteiger partial charge in [-0.25, -0.2) is 14.8 Å². The van der Waals surface area contributed by atoms with E-state index in [0.717, 1.165) is 129 Å². The minimum absolute atomic E-state index is 0.242. The molecule has 0 amide bonds. The Morgan fingerprint density at radius 3 is 1.81 bits per heavy atom. The van der Waals surface area contributed by atoms with Crippen molar-refractivity contribution < 1.29 is 14.6 Å². The summed E-state index contributed by atoms with van der Waals surface area (Å²) in [5.41, 5.74) is 20.1. The van der Waals surface area contributed by atoms with Gasteiger partial charge in [-0.15, -0.1) is 0 Å². The smallest absolute Gasteiger partial charge is 0.335 e. The van der Waals surface area contributed by atoms with Crippen molar-refractivity contribution in [1.82, 2.24) is 39.9 Å². The first-order valence-electron chi connectivity index (χ1n) is 23.1. The molecule has 0 saturated heterocycles. The van der Waals surface area contributed by atoms with Crippen LogP contribution in [0.2, 0.25) is 0 Å². The van der Waals surface area contributed by atoms with Gasteiger partial charge in [0.15, 0.2) is 5.75 Å². The number of rotatable bonds is 5. The van der Waals surface area contributed by atoms with Gasteiger partial charge in [-0.2, -0.15) is 0 Å². The molecule has 0 radical (unpaired) electrons. The molecule has 4 aliphatic rings. The Morgan fingerprint density at radius 1 is 0.536 bits per heavy atom. The molecule has 4 aliphatic heterocycles. The van der Waals surface area contributed by atoms with Crippen molar-refractivity contribution >= 4 is 74.4 Å². The summed E-state index contributed by atoms with van der Waals surface area (Å²) in [6.07, 6.45) is 9.60. The van der Waals surface area contributed by atoms with Crippen LogP contribution in [0.15, 0.2) is 121 Å². The first kappa shape index (κ1) is 41.8. The van der Waals surface area contributed by atoms with Crippen molar-refractivity contribution in [1.29, 1.82) is 0 Å². The maximum absolute atomic E-state index is 11.7. The number of fused-ring (bicyclic) bond motifs is 16. The lowest BCUT2D eigenvalue weighted by atomic mass is 9.86. The Bertz CT molecular complexity index is 3860. The lowest BCUT2D eigenvalue weighted by Gasteiger charge is -2.16. The molecule has 0 fully saturated rings. The number of carboxylic acid groups (broad SMARTS) is 1. The van der Waals surface area contributed by atoms with Gasteiger partial charge >= 0.3 is 5.97 Å². The van der Waals surface area contributed by atoms with E-state index in [1.165, 1.54) is 0 Å². The number of benzene rings is 2. The SMILES string of the molecule is COc1c2nc(cc3cc(-c4ccc(C(=O)O)cc4)c(cc4nc(cc5cc(-c6ccc(-c7c8nc(cc9ccc(cc%10nc(cc%11ccc7[nH]%11)C=C%10)[nH]9)C=C8)cc6)c1[nH]5)C(C)(C)C4)[nH]3)C(C)(C)C2. The molecule has 0 aliphatic carbocycles. The fourth-order valence-corrected chi connectivity index (χ4v) is 10.0. The highest BCUT2D eigenvalue weighted by molar-refractivity contribution is 5.95. The van der Waals surface area contributed by atoms with Crippen LogP contribution in [0.1, 0.15) is 83.6 Å². The van der Waals surface area contributed by atoms with Gasteiger partial charge in [0, 0.05) is 96.1 Å². The number of aromatic amines is 4. The molecular formula is C58H48N8O3. The van der Waals surface area contributed by atoms with E-state index in [1.54, 1.807) is 19.2 Å². The minimum atomic E-state index is -0.956. The number of methoxy groups -OCH3 is 1. The molecular weight excluding hydrogens is 857 g/mol. The second-order valence-corrected chi connectivity index (χ2v) is 19.6. The Hall–Kier alpha value is -8.57. The monoisotopic (exact) mass is 904 g/mol. The second-order valence-electron chi connectivity index (χ2n) is 19.6. The van der Waals surface area contributed by atoms with Crippen LogP contribution in [-0.2, 0) is 23.7 Å². The number of hydrogen-bond donors (Lipinski definition) is 5. The number of nitrogens with zero attached hydrogens (tertiary/aromatic N) is 4. The summed E-state index contributed by atoms with van der Waals surface area (Å²) in [5.74, 6) is -0.273. The van der Waals surface area contributed by atoms with Gasteiger partial charge in [0.2, 0.25) is 0 Å². The van der Waals surface area contributed by atoms with E-state index in [4.69, 9.17) is 24.7 Å². The average Bonchev–Trinajstić information content (AvgIpc) is 4.19. The molecule has 12 rings (SSSR count). The zero-order chi connectivity index (χ0) is 47.2. The molecule has 69 heavy (non-hydrogen) atoms. The van der Waals surface area contributed by atoms with Gasteiger partial charge in [-0.05, 0) is 126 Å². The molecule has 338 valence electrons. The Labute approximate surface area is 397 Å². The summed E-state index contributed by atoms with van der Waals surface area (Å²) >= 11 is 0. The predicted octanol–water partition coefficient (Wildman–Crippen LogP) is 13.0. The molecule has 2 aromatic carbocycles. The molecule has 5 N–H and O–H groups in total. The van der Waals surface area contributed by atoms with Crippen LogP contribution in [-0.4, -0.2) is 58.1 Å². The summed E-state index contributed by atoms with van der Waals surface area (Å²) in [6, 6.07) is 40.9. The molecule has 16 bridgehead atoms. The molecule has 0 saturated carbocycles. The number of aromatic carboxylic acids is 1. The zero-order valence-electron chi connectivity index (χ0n) is 38.8. The van der Waals surface area contributed by atoms with Crippen LogP contribution in [0.5, 0.6) is 5.75 Å². The van der Waals surface area contributed by atoms with Crippen LogP contribution < -0.4 is 4.74 Å². The highest BCUT2D eigenvalue weighted by Crippen LogP contribution is 2.41. The normalized spacial score (nSPS) is 14.6. The Kier molecular flexibility index (Phi) is 9.56. The van der Waals surface area contributed by atoms with Gasteiger partial charge in [0.05, 0.1) is 46.7 Å². The molecule has 10 heterocycles. The molecule has 6 aromatic heterocycles. The van der Waals surface area contributed by atoms with E-state index in [-0.39, 0.29) is 16.4 Å². The van der Waals surface area contributed by atoms with Crippen molar-refractivity contribution in [2.24, 2.45) is 0 Å². The maximum Gasteiger partial charge on any atom is 0.335 e. The van der Waals surface area contributed by atoms with E-state index in [9.17, 15) is 9.90 Å². The van der Waals surface area contributed by atoms with E-state index in [0.29, 0.717) is 12.2 Å². The minimum Gasteiger partial charge on any atom is -0.493 e. The number of ether oxygens (including phenoxy) is 1. The molecule has 11 heteroatoms. The van der Waals surface area contributed by atoms with E-state index < -0.39 is 5.97 Å². The summed E-state index contributed by atoms with van der Waals surface area (Å²) in [4.78, 5) is 46.9. The van der Waals surface area contributed by atoms with Gasteiger partial charge < -0.3 is 29.8 Å². The molecule has 11 nitrogen and oxygen atoms in total. The molecule has 8 aromatic rings. The number of hydrogen-bond acceptors (Lipinski definition) is 6. The number of carbonyl (C=O) groups is 1. The largest absolute Gasteiger partial charge is 0.493 e. The number of aromatic nitrogens is 8. The van der Waals surface area contributed by atoms with Crippen molar-refractivity contribution in [3.05, 3.63) is 172 Å². The lowest BCUT2D eigenvalue weighted by Crippen LogP contribution is -2.15. The van der Waals surface area contributed by atoms with Crippen LogP contribution in [0, 0.1) is 0 Å². The maximum atomic E-state index is 11.7.